The second kappa shape index (κ2) is 6.28. The van der Waals surface area contributed by atoms with Crippen molar-refractivity contribution in [2.75, 3.05) is 10.6 Å². The number of benzene rings is 2. The van der Waals surface area contributed by atoms with Gasteiger partial charge in [0.15, 0.2) is 5.58 Å². The molecule has 0 aliphatic carbocycles. The molecular weight excluding hydrogens is 344 g/mol. The zero-order valence-electron chi connectivity index (χ0n) is 13.1. The van der Waals surface area contributed by atoms with Crippen LogP contribution >= 0.6 is 0 Å². The lowest BCUT2D eigenvalue weighted by Crippen LogP contribution is -2.01. The van der Waals surface area contributed by atoms with Crippen molar-refractivity contribution in [2.45, 2.75) is 0 Å². The van der Waals surface area contributed by atoms with E-state index >= 15 is 0 Å². The molecule has 0 atom stereocenters. The van der Waals surface area contributed by atoms with Crippen molar-refractivity contribution in [1.29, 1.82) is 0 Å². The summed E-state index contributed by atoms with van der Waals surface area (Å²) in [5, 5.41) is 5.79. The van der Waals surface area contributed by atoms with E-state index in [9.17, 15) is 13.6 Å². The number of nitrogens with one attached hydrogen (secondary N) is 3. The van der Waals surface area contributed by atoms with Gasteiger partial charge in [-0.2, -0.15) is 4.98 Å². The summed E-state index contributed by atoms with van der Waals surface area (Å²) in [6.07, 6.45) is 1.49. The predicted octanol–water partition coefficient (Wildman–Crippen LogP) is 3.68. The van der Waals surface area contributed by atoms with E-state index in [4.69, 9.17) is 4.42 Å². The highest BCUT2D eigenvalue weighted by atomic mass is 19.1. The van der Waals surface area contributed by atoms with Crippen molar-refractivity contribution in [3.63, 3.8) is 0 Å². The number of halogens is 2. The second-order valence-corrected chi connectivity index (χ2v) is 5.40. The van der Waals surface area contributed by atoms with Crippen molar-refractivity contribution < 1.29 is 13.2 Å². The summed E-state index contributed by atoms with van der Waals surface area (Å²) in [5.74, 6) is -1.33. The Morgan fingerprint density at radius 3 is 2.58 bits per heavy atom. The summed E-state index contributed by atoms with van der Waals surface area (Å²) in [6, 6.07) is 9.73. The number of H-pyrrole nitrogens is 1. The Kier molecular flexibility index (Phi) is 3.81. The van der Waals surface area contributed by atoms with E-state index in [0.29, 0.717) is 22.6 Å². The standard InChI is InChI=1S/C17H11F2N5O2/c18-9-5-10(19)7-12(6-9)22-16-20-4-3-15(24-16)21-11-1-2-14-13(8-11)23-17(25)26-14/h1-8H,(H,23,25)(H2,20,21,22,24). The zero-order valence-corrected chi connectivity index (χ0v) is 13.1. The van der Waals surface area contributed by atoms with Gasteiger partial charge < -0.3 is 15.1 Å². The Hall–Kier alpha value is -3.75. The van der Waals surface area contributed by atoms with Crippen LogP contribution in [0.3, 0.4) is 0 Å². The maximum absolute atomic E-state index is 13.3. The van der Waals surface area contributed by atoms with E-state index in [2.05, 4.69) is 25.6 Å². The van der Waals surface area contributed by atoms with Crippen molar-refractivity contribution in [3.05, 3.63) is 70.8 Å². The Labute approximate surface area is 144 Å². The van der Waals surface area contributed by atoms with Crippen LogP contribution in [-0.4, -0.2) is 15.0 Å². The maximum atomic E-state index is 13.3. The fourth-order valence-corrected chi connectivity index (χ4v) is 2.42. The van der Waals surface area contributed by atoms with Crippen LogP contribution in [0.1, 0.15) is 0 Å². The van der Waals surface area contributed by atoms with Gasteiger partial charge in [-0.15, -0.1) is 0 Å². The first-order valence-electron chi connectivity index (χ1n) is 7.51. The number of fused-ring (bicyclic) bond motifs is 1. The van der Waals surface area contributed by atoms with Crippen LogP contribution in [0.15, 0.2) is 57.9 Å². The lowest BCUT2D eigenvalue weighted by molar-refractivity contribution is 0.555. The first kappa shape index (κ1) is 15.8. The number of oxazole rings is 1. The quantitative estimate of drug-likeness (QED) is 0.517. The van der Waals surface area contributed by atoms with E-state index in [0.717, 1.165) is 18.2 Å². The minimum atomic E-state index is -0.704. The number of aromatic amines is 1. The summed E-state index contributed by atoms with van der Waals surface area (Å²) >= 11 is 0. The van der Waals surface area contributed by atoms with E-state index < -0.39 is 17.4 Å². The fraction of sp³-hybridized carbons (Fsp3) is 0. The number of hydrogen-bond donors (Lipinski definition) is 3. The van der Waals surface area contributed by atoms with Crippen LogP contribution in [0.5, 0.6) is 0 Å². The normalized spacial score (nSPS) is 10.8. The third-order valence-corrected chi connectivity index (χ3v) is 3.47. The minimum absolute atomic E-state index is 0.165. The number of anilines is 4. The third-order valence-electron chi connectivity index (χ3n) is 3.47. The van der Waals surface area contributed by atoms with E-state index in [1.54, 1.807) is 24.3 Å². The molecule has 4 aromatic rings. The van der Waals surface area contributed by atoms with Gasteiger partial charge in [0.1, 0.15) is 17.5 Å². The highest BCUT2D eigenvalue weighted by Gasteiger charge is 2.06. The first-order chi connectivity index (χ1) is 12.5. The van der Waals surface area contributed by atoms with Gasteiger partial charge in [0, 0.05) is 23.6 Å². The van der Waals surface area contributed by atoms with Crippen molar-refractivity contribution in [2.24, 2.45) is 0 Å². The molecule has 0 radical (unpaired) electrons. The van der Waals surface area contributed by atoms with Gasteiger partial charge in [-0.05, 0) is 36.4 Å². The van der Waals surface area contributed by atoms with E-state index in [-0.39, 0.29) is 11.6 Å². The molecule has 7 nitrogen and oxygen atoms in total. The van der Waals surface area contributed by atoms with Crippen LogP contribution in [0, 0.1) is 11.6 Å². The molecule has 130 valence electrons. The van der Waals surface area contributed by atoms with Crippen LogP contribution < -0.4 is 16.4 Å². The fourth-order valence-electron chi connectivity index (χ4n) is 2.42. The zero-order chi connectivity index (χ0) is 18.1. The summed E-state index contributed by atoms with van der Waals surface area (Å²) in [5.41, 5.74) is 1.84. The second-order valence-electron chi connectivity index (χ2n) is 5.40. The van der Waals surface area contributed by atoms with Gasteiger partial charge >= 0.3 is 5.76 Å². The molecule has 0 saturated carbocycles. The number of aromatic nitrogens is 3. The Morgan fingerprint density at radius 2 is 1.77 bits per heavy atom. The van der Waals surface area contributed by atoms with Crippen molar-refractivity contribution in [3.8, 4) is 0 Å². The van der Waals surface area contributed by atoms with Gasteiger partial charge in [0.25, 0.3) is 0 Å². The van der Waals surface area contributed by atoms with Crippen LogP contribution in [0.25, 0.3) is 11.1 Å². The molecule has 2 heterocycles. The highest BCUT2D eigenvalue weighted by Crippen LogP contribution is 2.21. The minimum Gasteiger partial charge on any atom is -0.408 e. The maximum Gasteiger partial charge on any atom is 0.417 e. The van der Waals surface area contributed by atoms with E-state index in [1.807, 2.05) is 0 Å². The summed E-state index contributed by atoms with van der Waals surface area (Å²) in [7, 11) is 0. The average molecular weight is 355 g/mol. The molecule has 0 amide bonds. The van der Waals surface area contributed by atoms with Crippen LogP contribution in [-0.2, 0) is 0 Å². The highest BCUT2D eigenvalue weighted by molar-refractivity contribution is 5.78. The van der Waals surface area contributed by atoms with Gasteiger partial charge in [-0.3, -0.25) is 4.98 Å². The molecule has 26 heavy (non-hydrogen) atoms. The summed E-state index contributed by atoms with van der Waals surface area (Å²) in [4.78, 5) is 22.0. The Bertz CT molecular complexity index is 1140. The molecule has 2 aromatic heterocycles. The van der Waals surface area contributed by atoms with Gasteiger partial charge in [0.2, 0.25) is 5.95 Å². The van der Waals surface area contributed by atoms with Crippen molar-refractivity contribution in [1.82, 2.24) is 15.0 Å². The average Bonchev–Trinajstić information content (AvgIpc) is 2.93. The molecule has 0 saturated heterocycles. The van der Waals surface area contributed by atoms with Gasteiger partial charge in [-0.1, -0.05) is 0 Å². The molecule has 9 heteroatoms. The van der Waals surface area contributed by atoms with Gasteiger partial charge in [-0.25, -0.2) is 18.6 Å². The van der Waals surface area contributed by atoms with E-state index in [1.165, 1.54) is 6.20 Å². The largest absolute Gasteiger partial charge is 0.417 e. The molecule has 0 aliphatic heterocycles. The number of nitrogens with zero attached hydrogens (tertiary/aromatic N) is 2. The SMILES string of the molecule is O=c1[nH]c2cc(Nc3ccnc(Nc4cc(F)cc(F)c4)n3)ccc2o1. The van der Waals surface area contributed by atoms with Gasteiger partial charge in [0.05, 0.1) is 5.52 Å². The number of rotatable bonds is 4. The molecule has 0 spiro atoms. The molecule has 0 bridgehead atoms. The predicted molar refractivity (Wildman–Crippen MR) is 91.8 cm³/mol. The molecule has 2 aromatic carbocycles. The first-order valence-corrected chi connectivity index (χ1v) is 7.51. The molecule has 4 rings (SSSR count). The van der Waals surface area contributed by atoms with Crippen molar-refractivity contribution >= 4 is 34.2 Å². The summed E-state index contributed by atoms with van der Waals surface area (Å²) < 4.78 is 31.5. The molecule has 0 fully saturated rings. The smallest absolute Gasteiger partial charge is 0.408 e. The number of hydrogen-bond acceptors (Lipinski definition) is 6. The Morgan fingerprint density at radius 1 is 0.962 bits per heavy atom. The monoisotopic (exact) mass is 355 g/mol. The lowest BCUT2D eigenvalue weighted by atomic mass is 10.3. The third kappa shape index (κ3) is 3.36. The van der Waals surface area contributed by atoms with Crippen LogP contribution in [0.2, 0.25) is 0 Å². The Balaban J connectivity index is 1.57. The molecular formula is C17H11F2N5O2. The lowest BCUT2D eigenvalue weighted by Gasteiger charge is -2.08. The molecule has 0 unspecified atom stereocenters. The van der Waals surface area contributed by atoms with Crippen LogP contribution in [0.4, 0.5) is 31.9 Å². The molecule has 0 aliphatic rings. The molecule has 3 N–H and O–H groups in total. The topological polar surface area (TPSA) is 95.8 Å². The summed E-state index contributed by atoms with van der Waals surface area (Å²) in [6.45, 7) is 0.